The van der Waals surface area contributed by atoms with E-state index < -0.39 is 11.5 Å². The summed E-state index contributed by atoms with van der Waals surface area (Å²) in [6, 6.07) is 7.48. The number of ether oxygens (including phenoxy) is 1. The van der Waals surface area contributed by atoms with E-state index in [0.29, 0.717) is 49.9 Å². The van der Waals surface area contributed by atoms with Gasteiger partial charge in [0.2, 0.25) is 0 Å². The molecule has 2 aliphatic rings. The Bertz CT molecular complexity index is 1090. The number of rotatable bonds is 6. The number of hydrogen-bond acceptors (Lipinski definition) is 6. The maximum absolute atomic E-state index is 13.3. The van der Waals surface area contributed by atoms with Crippen molar-refractivity contribution in [1.29, 1.82) is 0 Å². The first-order chi connectivity index (χ1) is 16.2. The number of urea groups is 1. The Kier molecular flexibility index (Phi) is 7.04. The summed E-state index contributed by atoms with van der Waals surface area (Å²) >= 11 is 0. The number of pyridine rings is 1. The predicted molar refractivity (Wildman–Crippen MR) is 124 cm³/mol. The molecule has 180 valence electrons. The zero-order valence-electron chi connectivity index (χ0n) is 19.4. The van der Waals surface area contributed by atoms with Gasteiger partial charge in [0.25, 0.3) is 0 Å². The zero-order valence-corrected chi connectivity index (χ0v) is 19.4. The molecule has 3 heterocycles. The van der Waals surface area contributed by atoms with Gasteiger partial charge in [-0.15, -0.1) is 0 Å². The summed E-state index contributed by atoms with van der Waals surface area (Å²) in [4.78, 5) is 35.9. The lowest BCUT2D eigenvalue weighted by Gasteiger charge is -2.29. The number of nitrogens with zero attached hydrogens (tertiary/aromatic N) is 3. The molecule has 2 aliphatic heterocycles. The first-order valence-corrected chi connectivity index (χ1v) is 11.4. The molecule has 1 aromatic heterocycles. The van der Waals surface area contributed by atoms with Gasteiger partial charge in [0.15, 0.2) is 0 Å². The van der Waals surface area contributed by atoms with Crippen LogP contribution in [0, 0.1) is 5.82 Å². The number of fused-ring (bicyclic) bond motifs is 1. The molecule has 0 unspecified atom stereocenters. The van der Waals surface area contributed by atoms with Crippen LogP contribution in [0.4, 0.5) is 9.18 Å². The van der Waals surface area contributed by atoms with E-state index in [1.807, 2.05) is 6.07 Å². The fourth-order valence-corrected chi connectivity index (χ4v) is 4.26. The van der Waals surface area contributed by atoms with Crippen LogP contribution in [0.3, 0.4) is 0 Å². The van der Waals surface area contributed by atoms with Gasteiger partial charge in [-0.2, -0.15) is 0 Å². The minimum absolute atomic E-state index is 0.0799. The van der Waals surface area contributed by atoms with E-state index in [-0.39, 0.29) is 30.5 Å². The number of aromatic nitrogens is 1. The van der Waals surface area contributed by atoms with Crippen LogP contribution in [-0.2, 0) is 22.5 Å². The number of morpholine rings is 1. The van der Waals surface area contributed by atoms with Crippen LogP contribution in [0.2, 0.25) is 0 Å². The lowest BCUT2D eigenvalue weighted by atomic mass is 9.80. The van der Waals surface area contributed by atoms with Crippen molar-refractivity contribution in [2.45, 2.75) is 44.8 Å². The summed E-state index contributed by atoms with van der Waals surface area (Å²) < 4.78 is 18.6. The van der Waals surface area contributed by atoms with Gasteiger partial charge in [0, 0.05) is 49.3 Å². The van der Waals surface area contributed by atoms with Crippen LogP contribution in [0.25, 0.3) is 0 Å². The fraction of sp³-hybridized carbons (Fsp3) is 0.440. The molecule has 0 radical (unpaired) electrons. The molecule has 0 spiro atoms. The Morgan fingerprint density at radius 2 is 1.94 bits per heavy atom. The van der Waals surface area contributed by atoms with E-state index in [2.05, 4.69) is 15.3 Å². The van der Waals surface area contributed by atoms with E-state index in [4.69, 9.17) is 4.74 Å². The minimum Gasteiger partial charge on any atom is -0.390 e. The smallest absolute Gasteiger partial charge is 0.323 e. The normalized spacial score (nSPS) is 16.6. The molecule has 0 aliphatic carbocycles. The molecule has 9 heteroatoms. The first kappa shape index (κ1) is 24.0. The van der Waals surface area contributed by atoms with Crippen LogP contribution in [-0.4, -0.2) is 64.5 Å². The SMILES string of the molecule is CC(C)(O)[C@@H](CC(=O)Cc1cc2c(cn1)C(NC(=O)N1CCOCC1)=NC2)c1ccc(F)cc1. The van der Waals surface area contributed by atoms with Gasteiger partial charge < -0.3 is 14.7 Å². The third kappa shape index (κ3) is 5.66. The Hall–Kier alpha value is -3.17. The lowest BCUT2D eigenvalue weighted by Crippen LogP contribution is -2.47. The minimum atomic E-state index is -1.15. The number of hydrogen-bond donors (Lipinski definition) is 2. The van der Waals surface area contributed by atoms with Crippen LogP contribution in [0.15, 0.2) is 41.5 Å². The number of aliphatic imine (C=N–C) groups is 1. The Morgan fingerprint density at radius 3 is 2.62 bits per heavy atom. The highest BCUT2D eigenvalue weighted by molar-refractivity contribution is 6.09. The van der Waals surface area contributed by atoms with Crippen LogP contribution >= 0.6 is 0 Å². The van der Waals surface area contributed by atoms with Gasteiger partial charge in [0.1, 0.15) is 17.4 Å². The number of halogens is 1. The van der Waals surface area contributed by atoms with Crippen molar-refractivity contribution >= 4 is 17.6 Å². The number of ketones is 1. The van der Waals surface area contributed by atoms with Crippen molar-refractivity contribution in [3.63, 3.8) is 0 Å². The molecule has 8 nitrogen and oxygen atoms in total. The highest BCUT2D eigenvalue weighted by Gasteiger charge is 2.31. The highest BCUT2D eigenvalue weighted by atomic mass is 19.1. The Balaban J connectivity index is 1.40. The molecule has 2 amide bonds. The third-order valence-corrected chi connectivity index (χ3v) is 6.17. The number of carbonyl (C=O) groups excluding carboxylic acids is 2. The van der Waals surface area contributed by atoms with E-state index in [1.54, 1.807) is 37.1 Å². The van der Waals surface area contributed by atoms with E-state index in [9.17, 15) is 19.1 Å². The molecule has 1 saturated heterocycles. The number of nitrogens with one attached hydrogen (secondary N) is 1. The van der Waals surface area contributed by atoms with E-state index in [1.165, 1.54) is 12.1 Å². The molecule has 0 bridgehead atoms. The summed E-state index contributed by atoms with van der Waals surface area (Å²) in [5, 5.41) is 13.5. The van der Waals surface area contributed by atoms with Crippen molar-refractivity contribution < 1.29 is 23.8 Å². The molecule has 1 atom stereocenters. The second-order valence-corrected chi connectivity index (χ2v) is 9.20. The maximum atomic E-state index is 13.3. The Morgan fingerprint density at radius 1 is 1.24 bits per heavy atom. The molecule has 34 heavy (non-hydrogen) atoms. The average Bonchev–Trinajstić information content (AvgIpc) is 3.20. The quantitative estimate of drug-likeness (QED) is 0.678. The van der Waals surface area contributed by atoms with Gasteiger partial charge >= 0.3 is 6.03 Å². The summed E-state index contributed by atoms with van der Waals surface area (Å²) in [6.45, 7) is 5.80. The molecule has 1 aromatic carbocycles. The summed E-state index contributed by atoms with van der Waals surface area (Å²) in [6.07, 6.45) is 1.85. The molecule has 2 N–H and O–H groups in total. The van der Waals surface area contributed by atoms with E-state index in [0.717, 1.165) is 11.1 Å². The van der Waals surface area contributed by atoms with Gasteiger partial charge in [-0.25, -0.2) is 9.18 Å². The average molecular weight is 469 g/mol. The summed E-state index contributed by atoms with van der Waals surface area (Å²) in [5.74, 6) is -0.436. The number of aliphatic hydroxyl groups is 1. The van der Waals surface area contributed by atoms with Gasteiger partial charge in [0.05, 0.1) is 25.4 Å². The molecule has 1 fully saturated rings. The number of Topliss-reactive ketones (excluding diaryl/α,β-unsaturated/α-hetero) is 1. The largest absolute Gasteiger partial charge is 0.390 e. The fourth-order valence-electron chi connectivity index (χ4n) is 4.26. The van der Waals surface area contributed by atoms with Gasteiger partial charge in [-0.05, 0) is 43.2 Å². The third-order valence-electron chi connectivity index (χ3n) is 6.17. The van der Waals surface area contributed by atoms with Crippen molar-refractivity contribution in [2.75, 3.05) is 26.3 Å². The molecule has 0 saturated carbocycles. The predicted octanol–water partition coefficient (Wildman–Crippen LogP) is 2.58. The van der Waals surface area contributed by atoms with Crippen molar-refractivity contribution in [2.24, 2.45) is 4.99 Å². The number of amidine groups is 1. The standard InChI is InChI=1S/C25H29FN4O4/c1-25(2,33)22(16-3-5-18(26)6-4-16)13-20(31)12-19-11-17-14-28-23(21(17)15-27-19)29-24(32)30-7-9-34-10-8-30/h3-6,11,15,22,33H,7-10,12-14H2,1-2H3,(H,28,29,32)/t22-/m0/s1. The molecular weight excluding hydrogens is 439 g/mol. The second kappa shape index (κ2) is 9.99. The molecule has 2 aromatic rings. The summed E-state index contributed by atoms with van der Waals surface area (Å²) in [5.41, 5.74) is 1.80. The lowest BCUT2D eigenvalue weighted by molar-refractivity contribution is -0.120. The van der Waals surface area contributed by atoms with Crippen LogP contribution < -0.4 is 5.32 Å². The molecule has 4 rings (SSSR count). The van der Waals surface area contributed by atoms with Crippen LogP contribution in [0.1, 0.15) is 48.6 Å². The van der Waals surface area contributed by atoms with Crippen molar-refractivity contribution in [3.05, 3.63) is 64.7 Å². The second-order valence-electron chi connectivity index (χ2n) is 9.20. The first-order valence-electron chi connectivity index (χ1n) is 11.4. The zero-order chi connectivity index (χ0) is 24.3. The highest BCUT2D eigenvalue weighted by Crippen LogP contribution is 2.32. The number of amides is 2. The Labute approximate surface area is 197 Å². The maximum Gasteiger partial charge on any atom is 0.323 e. The monoisotopic (exact) mass is 468 g/mol. The van der Waals surface area contributed by atoms with Gasteiger partial charge in [-0.1, -0.05) is 12.1 Å². The topological polar surface area (TPSA) is 104 Å². The number of carbonyl (C=O) groups is 2. The van der Waals surface area contributed by atoms with E-state index >= 15 is 0 Å². The van der Waals surface area contributed by atoms with Crippen molar-refractivity contribution in [3.8, 4) is 0 Å². The van der Waals surface area contributed by atoms with Gasteiger partial charge in [-0.3, -0.25) is 20.1 Å². The molecular formula is C25H29FN4O4. The van der Waals surface area contributed by atoms with Crippen molar-refractivity contribution in [1.82, 2.24) is 15.2 Å². The van der Waals surface area contributed by atoms with Crippen LogP contribution in [0.5, 0.6) is 0 Å². The number of benzene rings is 1. The summed E-state index contributed by atoms with van der Waals surface area (Å²) in [7, 11) is 0.